The van der Waals surface area contributed by atoms with E-state index in [4.69, 9.17) is 4.74 Å². The van der Waals surface area contributed by atoms with Crippen molar-refractivity contribution in [1.82, 2.24) is 9.97 Å². The lowest BCUT2D eigenvalue weighted by Crippen LogP contribution is -2.35. The molecule has 1 aromatic rings. The van der Waals surface area contributed by atoms with Crippen LogP contribution in [0, 0.1) is 12.7 Å². The van der Waals surface area contributed by atoms with Gasteiger partial charge in [-0.1, -0.05) is 0 Å². The summed E-state index contributed by atoms with van der Waals surface area (Å²) in [7, 11) is 0. The minimum atomic E-state index is -0.384. The van der Waals surface area contributed by atoms with Crippen LogP contribution in [0.2, 0.25) is 0 Å². The lowest BCUT2D eigenvalue weighted by Gasteiger charge is -2.24. The predicted molar refractivity (Wildman–Crippen MR) is 54.2 cm³/mol. The van der Waals surface area contributed by atoms with Gasteiger partial charge >= 0.3 is 0 Å². The summed E-state index contributed by atoms with van der Waals surface area (Å²) in [6.45, 7) is 4.90. The Hall–Kier alpha value is -1.23. The molecule has 1 unspecified atom stereocenters. The zero-order valence-electron chi connectivity index (χ0n) is 8.88. The molecular weight excluding hydrogens is 197 g/mol. The van der Waals surface area contributed by atoms with Crippen molar-refractivity contribution in [2.24, 2.45) is 0 Å². The van der Waals surface area contributed by atoms with Crippen molar-refractivity contribution < 1.29 is 9.13 Å². The fraction of sp³-hybridized carbons (Fsp3) is 0.600. The Bertz CT molecular complexity index is 364. The van der Waals surface area contributed by atoms with Crippen LogP contribution in [0.25, 0.3) is 0 Å². The average molecular weight is 211 g/mol. The molecule has 0 amide bonds. The van der Waals surface area contributed by atoms with Gasteiger partial charge in [0.15, 0.2) is 11.6 Å². The van der Waals surface area contributed by atoms with Crippen LogP contribution in [0.3, 0.4) is 0 Å². The summed E-state index contributed by atoms with van der Waals surface area (Å²) in [5.41, 5.74) is 0.136. The quantitative estimate of drug-likeness (QED) is 0.805. The first kappa shape index (κ1) is 10.3. The van der Waals surface area contributed by atoms with Crippen LogP contribution >= 0.6 is 0 Å². The highest BCUT2D eigenvalue weighted by Crippen LogP contribution is 2.24. The summed E-state index contributed by atoms with van der Waals surface area (Å²) in [6, 6.07) is 0. The number of nitrogens with zero attached hydrogens (tertiary/aromatic N) is 2. The maximum absolute atomic E-state index is 13.6. The minimum Gasteiger partial charge on any atom is -0.379 e. The van der Waals surface area contributed by atoms with E-state index in [1.807, 2.05) is 6.92 Å². The number of halogens is 1. The van der Waals surface area contributed by atoms with Crippen molar-refractivity contribution in [3.8, 4) is 0 Å². The van der Waals surface area contributed by atoms with Crippen LogP contribution in [-0.4, -0.2) is 28.7 Å². The monoisotopic (exact) mass is 211 g/mol. The number of hydrogen-bond donors (Lipinski definition) is 1. The van der Waals surface area contributed by atoms with Crippen molar-refractivity contribution in [3.63, 3.8) is 0 Å². The van der Waals surface area contributed by atoms with Gasteiger partial charge in [-0.25, -0.2) is 14.4 Å². The molecule has 1 fully saturated rings. The molecule has 0 saturated carbocycles. The molecule has 0 bridgehead atoms. The Balaban J connectivity index is 2.20. The third-order valence-electron chi connectivity index (χ3n) is 2.60. The summed E-state index contributed by atoms with van der Waals surface area (Å²) in [5, 5.41) is 3.08. The van der Waals surface area contributed by atoms with Crippen molar-refractivity contribution >= 4 is 5.82 Å². The maximum atomic E-state index is 13.6. The second-order valence-electron chi connectivity index (χ2n) is 4.11. The number of aryl methyl sites for hydroxylation is 1. The Morgan fingerprint density at radius 3 is 3.00 bits per heavy atom. The van der Waals surface area contributed by atoms with Gasteiger partial charge in [0.1, 0.15) is 6.33 Å². The minimum absolute atomic E-state index is 0.221. The Kier molecular flexibility index (Phi) is 2.56. The van der Waals surface area contributed by atoms with Crippen molar-refractivity contribution in [1.29, 1.82) is 0 Å². The van der Waals surface area contributed by atoms with Gasteiger partial charge in [0.25, 0.3) is 0 Å². The first-order chi connectivity index (χ1) is 7.11. The van der Waals surface area contributed by atoms with E-state index < -0.39 is 0 Å². The lowest BCUT2D eigenvalue weighted by molar-refractivity contribution is 0.185. The molecule has 1 atom stereocenters. The molecule has 0 aromatic carbocycles. The molecule has 5 heteroatoms. The number of ether oxygens (including phenoxy) is 1. The van der Waals surface area contributed by atoms with Crippen LogP contribution in [0.15, 0.2) is 6.33 Å². The zero-order valence-corrected chi connectivity index (χ0v) is 8.88. The van der Waals surface area contributed by atoms with Gasteiger partial charge in [0, 0.05) is 6.61 Å². The second kappa shape index (κ2) is 3.73. The molecule has 1 saturated heterocycles. The zero-order chi connectivity index (χ0) is 10.9. The number of hydrogen-bond acceptors (Lipinski definition) is 4. The highest BCUT2D eigenvalue weighted by atomic mass is 19.1. The fourth-order valence-electron chi connectivity index (χ4n) is 1.60. The van der Waals surface area contributed by atoms with E-state index in [0.717, 1.165) is 6.42 Å². The second-order valence-corrected chi connectivity index (χ2v) is 4.11. The summed E-state index contributed by atoms with van der Waals surface area (Å²) in [5.74, 6) is -0.124. The van der Waals surface area contributed by atoms with Crippen molar-refractivity contribution in [2.75, 3.05) is 18.5 Å². The maximum Gasteiger partial charge on any atom is 0.186 e. The van der Waals surface area contributed by atoms with Crippen LogP contribution in [-0.2, 0) is 4.74 Å². The smallest absolute Gasteiger partial charge is 0.186 e. The highest BCUT2D eigenvalue weighted by molar-refractivity contribution is 5.40. The molecule has 0 aliphatic carbocycles. The van der Waals surface area contributed by atoms with E-state index in [0.29, 0.717) is 18.9 Å². The van der Waals surface area contributed by atoms with Gasteiger partial charge in [-0.15, -0.1) is 0 Å². The van der Waals surface area contributed by atoms with Crippen molar-refractivity contribution in [2.45, 2.75) is 25.8 Å². The van der Waals surface area contributed by atoms with E-state index in [2.05, 4.69) is 15.3 Å². The third kappa shape index (κ3) is 2.07. The molecule has 82 valence electrons. The Morgan fingerprint density at radius 2 is 2.33 bits per heavy atom. The predicted octanol–water partition coefficient (Wildman–Crippen LogP) is 1.52. The lowest BCUT2D eigenvalue weighted by atomic mass is 10.0. The van der Waals surface area contributed by atoms with Gasteiger partial charge in [-0.2, -0.15) is 0 Å². The van der Waals surface area contributed by atoms with Gasteiger partial charge in [-0.05, 0) is 20.3 Å². The van der Waals surface area contributed by atoms with E-state index in [1.54, 1.807) is 6.92 Å². The summed E-state index contributed by atoms with van der Waals surface area (Å²) >= 11 is 0. The summed E-state index contributed by atoms with van der Waals surface area (Å²) in [6.07, 6.45) is 2.22. The first-order valence-electron chi connectivity index (χ1n) is 4.94. The number of rotatable bonds is 2. The van der Waals surface area contributed by atoms with Crippen LogP contribution in [0.4, 0.5) is 10.2 Å². The summed E-state index contributed by atoms with van der Waals surface area (Å²) in [4.78, 5) is 7.67. The molecule has 2 heterocycles. The molecule has 0 spiro atoms. The first-order valence-corrected chi connectivity index (χ1v) is 4.94. The third-order valence-corrected chi connectivity index (χ3v) is 2.60. The molecule has 1 aromatic heterocycles. The number of nitrogens with one attached hydrogen (secondary N) is 1. The summed E-state index contributed by atoms with van der Waals surface area (Å²) < 4.78 is 18.9. The van der Waals surface area contributed by atoms with E-state index in [-0.39, 0.29) is 17.2 Å². The highest BCUT2D eigenvalue weighted by Gasteiger charge is 2.30. The molecule has 4 nitrogen and oxygen atoms in total. The number of aromatic nitrogens is 2. The van der Waals surface area contributed by atoms with Crippen LogP contribution < -0.4 is 5.32 Å². The Morgan fingerprint density at radius 1 is 1.53 bits per heavy atom. The number of anilines is 1. The standard InChI is InChI=1S/C10H14FN3O/c1-7-8(11)9(13-6-12-7)14-10(2)3-4-15-5-10/h6H,3-5H2,1-2H3,(H,12,13,14). The average Bonchev–Trinajstić information content (AvgIpc) is 2.60. The van der Waals surface area contributed by atoms with Crippen LogP contribution in [0.5, 0.6) is 0 Å². The fourth-order valence-corrected chi connectivity index (χ4v) is 1.60. The SMILES string of the molecule is Cc1ncnc(NC2(C)CCOC2)c1F. The molecule has 2 rings (SSSR count). The van der Waals surface area contributed by atoms with Gasteiger partial charge in [-0.3, -0.25) is 0 Å². The molecule has 1 aliphatic rings. The van der Waals surface area contributed by atoms with E-state index in [1.165, 1.54) is 6.33 Å². The molecule has 0 radical (unpaired) electrons. The van der Waals surface area contributed by atoms with Gasteiger partial charge in [0.2, 0.25) is 0 Å². The van der Waals surface area contributed by atoms with E-state index >= 15 is 0 Å². The van der Waals surface area contributed by atoms with Crippen molar-refractivity contribution in [3.05, 3.63) is 17.8 Å². The largest absolute Gasteiger partial charge is 0.379 e. The van der Waals surface area contributed by atoms with E-state index in [9.17, 15) is 4.39 Å². The molecule has 15 heavy (non-hydrogen) atoms. The molecule has 1 N–H and O–H groups in total. The van der Waals surface area contributed by atoms with Gasteiger partial charge in [0.05, 0.1) is 17.8 Å². The Labute approximate surface area is 87.9 Å². The van der Waals surface area contributed by atoms with Gasteiger partial charge < -0.3 is 10.1 Å². The van der Waals surface area contributed by atoms with Crippen LogP contribution in [0.1, 0.15) is 19.0 Å². The normalized spacial score (nSPS) is 25.5. The molecule has 1 aliphatic heterocycles. The molecular formula is C10H14FN3O. The topological polar surface area (TPSA) is 47.0 Å².